The number of carbonyl (C=O) groups is 1. The molecular weight excluding hydrogens is 348 g/mol. The topological polar surface area (TPSA) is 82.2 Å². The molecule has 0 spiro atoms. The number of nitrogen functional groups attached to an aromatic ring is 1. The summed E-state index contributed by atoms with van der Waals surface area (Å²) in [6.07, 6.45) is 1.58. The molecule has 0 saturated heterocycles. The quantitative estimate of drug-likeness (QED) is 0.455. The highest BCUT2D eigenvalue weighted by molar-refractivity contribution is 6.34. The monoisotopic (exact) mass is 368 g/mol. The SMILES string of the molecule is CC(C)N(/C=C(/C#N)C(=O)Nc1ccc(N)cc1Cl)Cc1ccccc1. The van der Waals surface area contributed by atoms with E-state index in [4.69, 9.17) is 17.3 Å². The molecule has 2 rings (SSSR count). The standard InChI is InChI=1S/C20H21ClN4O/c1-14(2)25(12-15-6-4-3-5-7-15)13-16(11-22)20(26)24-19-9-8-17(23)10-18(19)21/h3-10,13-14H,12,23H2,1-2H3,(H,24,26)/b16-13-. The Hall–Kier alpha value is -2.97. The molecule has 5 nitrogen and oxygen atoms in total. The van der Waals surface area contributed by atoms with Crippen LogP contribution in [0.15, 0.2) is 60.3 Å². The van der Waals surface area contributed by atoms with Crippen LogP contribution in [0.5, 0.6) is 0 Å². The molecule has 0 aliphatic heterocycles. The Labute approximate surface area is 158 Å². The van der Waals surface area contributed by atoms with E-state index >= 15 is 0 Å². The Balaban J connectivity index is 2.20. The van der Waals surface area contributed by atoms with Crippen molar-refractivity contribution < 1.29 is 4.79 Å². The second kappa shape index (κ2) is 8.93. The third kappa shape index (κ3) is 5.27. The number of nitriles is 1. The second-order valence-corrected chi connectivity index (χ2v) is 6.51. The summed E-state index contributed by atoms with van der Waals surface area (Å²) < 4.78 is 0. The van der Waals surface area contributed by atoms with Crippen molar-refractivity contribution in [1.29, 1.82) is 5.26 Å². The van der Waals surface area contributed by atoms with E-state index in [1.807, 2.05) is 55.1 Å². The van der Waals surface area contributed by atoms with Gasteiger partial charge in [-0.3, -0.25) is 4.79 Å². The van der Waals surface area contributed by atoms with Crippen molar-refractivity contribution in [3.8, 4) is 6.07 Å². The van der Waals surface area contributed by atoms with Gasteiger partial charge in [0, 0.05) is 24.5 Å². The highest BCUT2D eigenvalue weighted by Gasteiger charge is 2.15. The van der Waals surface area contributed by atoms with E-state index in [0.717, 1.165) is 5.56 Å². The summed E-state index contributed by atoms with van der Waals surface area (Å²) in [6.45, 7) is 4.60. The van der Waals surface area contributed by atoms with E-state index in [9.17, 15) is 10.1 Å². The summed E-state index contributed by atoms with van der Waals surface area (Å²) in [5.74, 6) is -0.516. The number of rotatable bonds is 6. The molecule has 0 atom stereocenters. The summed E-state index contributed by atoms with van der Waals surface area (Å²) in [4.78, 5) is 14.4. The lowest BCUT2D eigenvalue weighted by atomic mass is 10.2. The molecule has 0 aliphatic carbocycles. The van der Waals surface area contributed by atoms with Gasteiger partial charge in [0.25, 0.3) is 5.91 Å². The van der Waals surface area contributed by atoms with Crippen molar-refractivity contribution in [1.82, 2.24) is 4.90 Å². The fraction of sp³-hybridized carbons (Fsp3) is 0.200. The number of benzene rings is 2. The zero-order valence-corrected chi connectivity index (χ0v) is 15.5. The summed E-state index contributed by atoms with van der Waals surface area (Å²) >= 11 is 6.08. The Morgan fingerprint density at radius 2 is 2.00 bits per heavy atom. The number of halogens is 1. The van der Waals surface area contributed by atoms with Crippen molar-refractivity contribution in [2.24, 2.45) is 0 Å². The van der Waals surface area contributed by atoms with Gasteiger partial charge in [-0.15, -0.1) is 0 Å². The molecule has 0 fully saturated rings. The van der Waals surface area contributed by atoms with Crippen LogP contribution in [0.1, 0.15) is 19.4 Å². The Kier molecular flexibility index (Phi) is 6.65. The maximum Gasteiger partial charge on any atom is 0.267 e. The largest absolute Gasteiger partial charge is 0.399 e. The summed E-state index contributed by atoms with van der Waals surface area (Å²) in [7, 11) is 0. The lowest BCUT2D eigenvalue weighted by Crippen LogP contribution is -2.27. The molecule has 6 heteroatoms. The average Bonchev–Trinajstić information content (AvgIpc) is 2.61. The Morgan fingerprint density at radius 1 is 1.31 bits per heavy atom. The number of hydrogen-bond acceptors (Lipinski definition) is 4. The molecule has 0 aliphatic rings. The van der Waals surface area contributed by atoms with Gasteiger partial charge in [0.15, 0.2) is 0 Å². The smallest absolute Gasteiger partial charge is 0.267 e. The van der Waals surface area contributed by atoms with Crippen LogP contribution in [0, 0.1) is 11.3 Å². The van der Waals surface area contributed by atoms with Gasteiger partial charge < -0.3 is 16.0 Å². The van der Waals surface area contributed by atoms with E-state index in [2.05, 4.69) is 5.32 Å². The maximum absolute atomic E-state index is 12.5. The first-order chi connectivity index (χ1) is 12.4. The maximum atomic E-state index is 12.5. The van der Waals surface area contributed by atoms with Crippen molar-refractivity contribution in [2.45, 2.75) is 26.4 Å². The first-order valence-electron chi connectivity index (χ1n) is 8.18. The summed E-state index contributed by atoms with van der Waals surface area (Å²) in [5.41, 5.74) is 7.65. The lowest BCUT2D eigenvalue weighted by molar-refractivity contribution is -0.112. The molecular formula is C20H21ClN4O. The Morgan fingerprint density at radius 3 is 2.58 bits per heavy atom. The predicted molar refractivity (Wildman–Crippen MR) is 105 cm³/mol. The minimum absolute atomic E-state index is 0.00234. The van der Waals surface area contributed by atoms with Gasteiger partial charge in [0.05, 0.1) is 10.7 Å². The number of hydrogen-bond donors (Lipinski definition) is 2. The van der Waals surface area contributed by atoms with Gasteiger partial charge in [0.1, 0.15) is 11.6 Å². The van der Waals surface area contributed by atoms with Gasteiger partial charge in [0.2, 0.25) is 0 Å². The Bertz CT molecular complexity index is 841. The molecule has 0 unspecified atom stereocenters. The third-order valence-electron chi connectivity index (χ3n) is 3.77. The van der Waals surface area contributed by atoms with Crippen LogP contribution in [-0.4, -0.2) is 16.8 Å². The van der Waals surface area contributed by atoms with Crippen molar-refractivity contribution in [2.75, 3.05) is 11.1 Å². The van der Waals surface area contributed by atoms with Gasteiger partial charge in [-0.1, -0.05) is 41.9 Å². The molecule has 0 aromatic heterocycles. The highest BCUT2D eigenvalue weighted by Crippen LogP contribution is 2.24. The number of carbonyl (C=O) groups excluding carboxylic acids is 1. The summed E-state index contributed by atoms with van der Waals surface area (Å²) in [6, 6.07) is 16.7. The fourth-order valence-electron chi connectivity index (χ4n) is 2.30. The van der Waals surface area contributed by atoms with Crippen LogP contribution in [-0.2, 0) is 11.3 Å². The molecule has 2 aromatic carbocycles. The average molecular weight is 369 g/mol. The molecule has 0 heterocycles. The number of nitrogens with two attached hydrogens (primary N) is 1. The van der Waals surface area contributed by atoms with Crippen molar-refractivity contribution in [3.63, 3.8) is 0 Å². The van der Waals surface area contributed by atoms with E-state index in [0.29, 0.717) is 22.9 Å². The van der Waals surface area contributed by atoms with Crippen LogP contribution in [0.4, 0.5) is 11.4 Å². The van der Waals surface area contributed by atoms with Gasteiger partial charge in [-0.25, -0.2) is 0 Å². The molecule has 2 aromatic rings. The van der Waals surface area contributed by atoms with Gasteiger partial charge >= 0.3 is 0 Å². The second-order valence-electron chi connectivity index (χ2n) is 6.10. The molecule has 134 valence electrons. The number of anilines is 2. The lowest BCUT2D eigenvalue weighted by Gasteiger charge is -2.25. The molecule has 3 N–H and O–H groups in total. The molecule has 26 heavy (non-hydrogen) atoms. The zero-order valence-electron chi connectivity index (χ0n) is 14.7. The van der Waals surface area contributed by atoms with Crippen LogP contribution in [0.3, 0.4) is 0 Å². The molecule has 0 radical (unpaired) electrons. The van der Waals surface area contributed by atoms with E-state index in [1.165, 1.54) is 0 Å². The number of nitrogens with zero attached hydrogens (tertiary/aromatic N) is 2. The highest BCUT2D eigenvalue weighted by atomic mass is 35.5. The zero-order chi connectivity index (χ0) is 19.1. The molecule has 0 saturated carbocycles. The van der Waals surface area contributed by atoms with Crippen LogP contribution in [0.2, 0.25) is 5.02 Å². The van der Waals surface area contributed by atoms with E-state index < -0.39 is 5.91 Å². The van der Waals surface area contributed by atoms with E-state index in [1.54, 1.807) is 24.4 Å². The van der Waals surface area contributed by atoms with Gasteiger partial charge in [-0.2, -0.15) is 5.26 Å². The van der Waals surface area contributed by atoms with Crippen LogP contribution >= 0.6 is 11.6 Å². The number of amides is 1. The predicted octanol–water partition coefficient (Wildman–Crippen LogP) is 4.18. The van der Waals surface area contributed by atoms with Crippen molar-refractivity contribution in [3.05, 3.63) is 70.9 Å². The third-order valence-corrected chi connectivity index (χ3v) is 4.09. The first-order valence-corrected chi connectivity index (χ1v) is 8.56. The normalized spacial score (nSPS) is 11.1. The van der Waals surface area contributed by atoms with Crippen molar-refractivity contribution >= 4 is 28.9 Å². The van der Waals surface area contributed by atoms with Crippen LogP contribution in [0.25, 0.3) is 0 Å². The van der Waals surface area contributed by atoms with Crippen LogP contribution < -0.4 is 11.1 Å². The fourth-order valence-corrected chi connectivity index (χ4v) is 2.53. The summed E-state index contributed by atoms with van der Waals surface area (Å²) in [5, 5.41) is 12.4. The number of nitrogens with one attached hydrogen (secondary N) is 1. The molecule has 0 bridgehead atoms. The minimum Gasteiger partial charge on any atom is -0.399 e. The first kappa shape index (κ1) is 19.4. The molecule has 1 amide bonds. The van der Waals surface area contributed by atoms with E-state index in [-0.39, 0.29) is 11.6 Å². The minimum atomic E-state index is -0.516. The van der Waals surface area contributed by atoms with Gasteiger partial charge in [-0.05, 0) is 37.6 Å².